The normalized spacial score (nSPS) is 24.4. The van der Waals surface area contributed by atoms with Gasteiger partial charge in [-0.2, -0.15) is 0 Å². The summed E-state index contributed by atoms with van der Waals surface area (Å²) in [5.41, 5.74) is 7.52. The number of hydrogen-bond donors (Lipinski definition) is 2. The molecule has 2 atom stereocenters. The molecule has 0 spiro atoms. The van der Waals surface area contributed by atoms with E-state index < -0.39 is 0 Å². The van der Waals surface area contributed by atoms with Gasteiger partial charge in [0.1, 0.15) is 11.5 Å². The van der Waals surface area contributed by atoms with E-state index >= 15 is 0 Å². The molecule has 3 N–H and O–H groups in total. The van der Waals surface area contributed by atoms with Gasteiger partial charge in [0.25, 0.3) is 0 Å². The van der Waals surface area contributed by atoms with E-state index in [1.165, 1.54) is 0 Å². The summed E-state index contributed by atoms with van der Waals surface area (Å²) in [6.07, 6.45) is 1.01. The SMILES string of the molecule is COc1ccc(C2CC(CN)CN2C)c(O)c1C. The third-order valence-electron chi connectivity index (χ3n) is 3.96. The first-order valence-corrected chi connectivity index (χ1v) is 6.35. The molecule has 1 aromatic carbocycles. The monoisotopic (exact) mass is 250 g/mol. The van der Waals surface area contributed by atoms with Crippen molar-refractivity contribution in [2.24, 2.45) is 11.7 Å². The van der Waals surface area contributed by atoms with E-state index in [0.29, 0.717) is 18.2 Å². The highest BCUT2D eigenvalue weighted by Crippen LogP contribution is 2.41. The second-order valence-corrected chi connectivity index (χ2v) is 5.12. The van der Waals surface area contributed by atoms with E-state index in [-0.39, 0.29) is 6.04 Å². The summed E-state index contributed by atoms with van der Waals surface area (Å²) in [6, 6.07) is 4.14. The molecule has 2 unspecified atom stereocenters. The lowest BCUT2D eigenvalue weighted by Gasteiger charge is -2.22. The fourth-order valence-electron chi connectivity index (χ4n) is 2.83. The quantitative estimate of drug-likeness (QED) is 0.856. The lowest BCUT2D eigenvalue weighted by atomic mass is 9.97. The van der Waals surface area contributed by atoms with Crippen molar-refractivity contribution in [3.63, 3.8) is 0 Å². The molecule has 0 aromatic heterocycles. The zero-order valence-corrected chi connectivity index (χ0v) is 11.3. The molecule has 1 aromatic rings. The van der Waals surface area contributed by atoms with E-state index in [1.54, 1.807) is 7.11 Å². The number of benzene rings is 1. The van der Waals surface area contributed by atoms with Crippen molar-refractivity contribution in [3.8, 4) is 11.5 Å². The number of hydrogen-bond acceptors (Lipinski definition) is 4. The minimum Gasteiger partial charge on any atom is -0.507 e. The summed E-state index contributed by atoms with van der Waals surface area (Å²) in [7, 11) is 3.70. The summed E-state index contributed by atoms with van der Waals surface area (Å²) >= 11 is 0. The van der Waals surface area contributed by atoms with E-state index in [2.05, 4.69) is 11.9 Å². The van der Waals surface area contributed by atoms with Crippen molar-refractivity contribution in [2.45, 2.75) is 19.4 Å². The lowest BCUT2D eigenvalue weighted by Crippen LogP contribution is -2.20. The highest BCUT2D eigenvalue weighted by molar-refractivity contribution is 5.49. The van der Waals surface area contributed by atoms with Crippen molar-refractivity contribution >= 4 is 0 Å². The highest BCUT2D eigenvalue weighted by Gasteiger charge is 2.31. The largest absolute Gasteiger partial charge is 0.507 e. The zero-order chi connectivity index (χ0) is 13.3. The number of phenols is 1. The van der Waals surface area contributed by atoms with Gasteiger partial charge in [0.2, 0.25) is 0 Å². The Bertz CT molecular complexity index is 434. The second kappa shape index (κ2) is 5.16. The van der Waals surface area contributed by atoms with Gasteiger partial charge in [0.15, 0.2) is 0 Å². The molecule has 0 saturated carbocycles. The van der Waals surface area contributed by atoms with Gasteiger partial charge in [0, 0.05) is 23.7 Å². The molecule has 100 valence electrons. The van der Waals surface area contributed by atoms with Gasteiger partial charge in [-0.05, 0) is 38.9 Å². The Morgan fingerprint density at radius 2 is 2.22 bits per heavy atom. The average molecular weight is 250 g/mol. The van der Waals surface area contributed by atoms with Crippen LogP contribution in [0.25, 0.3) is 0 Å². The molecule has 1 heterocycles. The van der Waals surface area contributed by atoms with Gasteiger partial charge < -0.3 is 15.6 Å². The fraction of sp³-hybridized carbons (Fsp3) is 0.571. The first-order chi connectivity index (χ1) is 8.58. The summed E-state index contributed by atoms with van der Waals surface area (Å²) in [6.45, 7) is 3.58. The Morgan fingerprint density at radius 3 is 2.78 bits per heavy atom. The number of aromatic hydroxyl groups is 1. The van der Waals surface area contributed by atoms with Gasteiger partial charge in [-0.15, -0.1) is 0 Å². The van der Waals surface area contributed by atoms with Crippen LogP contribution < -0.4 is 10.5 Å². The van der Waals surface area contributed by atoms with Crippen LogP contribution in [0.5, 0.6) is 11.5 Å². The first kappa shape index (κ1) is 13.2. The summed E-state index contributed by atoms with van der Waals surface area (Å²) in [5.74, 6) is 1.60. The number of ether oxygens (including phenoxy) is 1. The van der Waals surface area contributed by atoms with Crippen molar-refractivity contribution in [3.05, 3.63) is 23.3 Å². The number of likely N-dealkylation sites (tertiary alicyclic amines) is 1. The van der Waals surface area contributed by atoms with Crippen molar-refractivity contribution in [1.29, 1.82) is 0 Å². The van der Waals surface area contributed by atoms with Gasteiger partial charge in [-0.25, -0.2) is 0 Å². The molecule has 4 nitrogen and oxygen atoms in total. The molecular formula is C14H22N2O2. The van der Waals surface area contributed by atoms with Crippen molar-refractivity contribution in [1.82, 2.24) is 4.90 Å². The molecule has 1 fully saturated rings. The lowest BCUT2D eigenvalue weighted by molar-refractivity contribution is 0.304. The van der Waals surface area contributed by atoms with Crippen LogP contribution in [0.15, 0.2) is 12.1 Å². The van der Waals surface area contributed by atoms with Gasteiger partial charge >= 0.3 is 0 Å². The molecule has 1 aliphatic rings. The first-order valence-electron chi connectivity index (χ1n) is 6.35. The Balaban J connectivity index is 2.32. The maximum Gasteiger partial charge on any atom is 0.126 e. The van der Waals surface area contributed by atoms with Crippen LogP contribution in [-0.2, 0) is 0 Å². The van der Waals surface area contributed by atoms with Crippen LogP contribution in [0.1, 0.15) is 23.6 Å². The molecule has 0 aliphatic carbocycles. The molecule has 1 saturated heterocycles. The Labute approximate surface area is 108 Å². The van der Waals surface area contributed by atoms with Crippen molar-refractivity contribution < 1.29 is 9.84 Å². The average Bonchev–Trinajstić information content (AvgIpc) is 2.74. The fourth-order valence-corrected chi connectivity index (χ4v) is 2.83. The standard InChI is InChI=1S/C14H22N2O2/c1-9-13(18-3)5-4-11(14(9)17)12-6-10(7-15)8-16(12)2/h4-5,10,12,17H,6-8,15H2,1-3H3. The Kier molecular flexibility index (Phi) is 3.78. The number of rotatable bonds is 3. The summed E-state index contributed by atoms with van der Waals surface area (Å²) in [4.78, 5) is 2.26. The molecule has 0 radical (unpaired) electrons. The van der Waals surface area contributed by atoms with E-state index in [9.17, 15) is 5.11 Å². The summed E-state index contributed by atoms with van der Waals surface area (Å²) in [5, 5.41) is 10.3. The second-order valence-electron chi connectivity index (χ2n) is 5.12. The van der Waals surface area contributed by atoms with E-state index in [1.807, 2.05) is 19.1 Å². The molecule has 2 rings (SSSR count). The Morgan fingerprint density at radius 1 is 1.50 bits per heavy atom. The molecular weight excluding hydrogens is 228 g/mol. The third-order valence-corrected chi connectivity index (χ3v) is 3.96. The smallest absolute Gasteiger partial charge is 0.126 e. The van der Waals surface area contributed by atoms with Gasteiger partial charge in [-0.3, -0.25) is 4.90 Å². The maximum atomic E-state index is 10.3. The van der Waals surface area contributed by atoms with E-state index in [0.717, 1.165) is 29.8 Å². The number of nitrogens with zero attached hydrogens (tertiary/aromatic N) is 1. The van der Waals surface area contributed by atoms with E-state index in [4.69, 9.17) is 10.5 Å². The minimum atomic E-state index is 0.253. The minimum absolute atomic E-state index is 0.253. The van der Waals surface area contributed by atoms with Crippen LogP contribution >= 0.6 is 0 Å². The van der Waals surface area contributed by atoms with Crippen LogP contribution in [0.2, 0.25) is 0 Å². The molecule has 1 aliphatic heterocycles. The van der Waals surface area contributed by atoms with Gasteiger partial charge in [0.05, 0.1) is 7.11 Å². The van der Waals surface area contributed by atoms with Crippen LogP contribution in [0.3, 0.4) is 0 Å². The zero-order valence-electron chi connectivity index (χ0n) is 11.3. The van der Waals surface area contributed by atoms with Crippen LogP contribution in [0, 0.1) is 12.8 Å². The van der Waals surface area contributed by atoms with Crippen molar-refractivity contribution in [2.75, 3.05) is 27.2 Å². The third kappa shape index (κ3) is 2.18. The molecule has 0 amide bonds. The maximum absolute atomic E-state index is 10.3. The Hall–Kier alpha value is -1.26. The highest BCUT2D eigenvalue weighted by atomic mass is 16.5. The predicted molar refractivity (Wildman–Crippen MR) is 71.9 cm³/mol. The molecule has 18 heavy (non-hydrogen) atoms. The van der Waals surface area contributed by atoms with Gasteiger partial charge in [-0.1, -0.05) is 6.07 Å². The summed E-state index contributed by atoms with van der Waals surface area (Å²) < 4.78 is 5.22. The van der Waals surface area contributed by atoms with Crippen LogP contribution in [0.4, 0.5) is 0 Å². The number of phenolic OH excluding ortho intramolecular Hbond substituents is 1. The molecule has 0 bridgehead atoms. The number of methoxy groups -OCH3 is 1. The predicted octanol–water partition coefficient (Wildman–Crippen LogP) is 1.66. The topological polar surface area (TPSA) is 58.7 Å². The number of nitrogens with two attached hydrogens (primary N) is 1. The van der Waals surface area contributed by atoms with Crippen LogP contribution in [-0.4, -0.2) is 37.3 Å². The molecule has 4 heteroatoms.